The van der Waals surface area contributed by atoms with Crippen LogP contribution in [0.4, 0.5) is 0 Å². The Kier molecular flexibility index (Phi) is 9.69. The maximum absolute atomic E-state index is 10.5. The molecule has 0 aromatic carbocycles. The molecule has 0 radical (unpaired) electrons. The normalized spacial score (nSPS) is 17.8. The molecule has 0 aliphatic carbocycles. The molecule has 0 unspecified atom stereocenters. The zero-order valence-corrected chi connectivity index (χ0v) is 17.6. The number of aliphatic hydroxyl groups is 2. The number of hydrogen-bond donors (Lipinski definition) is 2. The molecule has 0 aliphatic heterocycles. The minimum atomic E-state index is -1.98. The zero-order chi connectivity index (χ0) is 18.4. The largest absolute Gasteiger partial charge is 0.413 e. The van der Waals surface area contributed by atoms with Gasteiger partial charge in [-0.3, -0.25) is 0 Å². The Bertz CT molecular complexity index is 373. The van der Waals surface area contributed by atoms with Crippen molar-refractivity contribution in [3.63, 3.8) is 0 Å². The second kappa shape index (κ2) is 9.83. The van der Waals surface area contributed by atoms with Gasteiger partial charge in [0.05, 0.1) is 18.8 Å². The fourth-order valence-electron chi connectivity index (χ4n) is 3.88. The van der Waals surface area contributed by atoms with Crippen molar-refractivity contribution in [3.8, 4) is 11.8 Å². The minimum absolute atomic E-state index is 0.146. The quantitative estimate of drug-likeness (QED) is 0.488. The summed E-state index contributed by atoms with van der Waals surface area (Å²) < 4.78 is 6.43. The molecular weight excluding hydrogens is 304 g/mol. The summed E-state index contributed by atoms with van der Waals surface area (Å²) in [4.78, 5) is 0. The fraction of sp³-hybridized carbons (Fsp3) is 0.895. The van der Waals surface area contributed by atoms with Gasteiger partial charge in [0.15, 0.2) is 8.32 Å². The van der Waals surface area contributed by atoms with E-state index in [9.17, 15) is 10.2 Å². The summed E-state index contributed by atoms with van der Waals surface area (Å²) in [6, 6.07) is 0. The Morgan fingerprint density at radius 1 is 0.870 bits per heavy atom. The van der Waals surface area contributed by atoms with Crippen molar-refractivity contribution < 1.29 is 14.6 Å². The Hall–Kier alpha value is -0.343. The van der Waals surface area contributed by atoms with Crippen LogP contribution in [0.1, 0.15) is 62.3 Å². The Morgan fingerprint density at radius 2 is 1.30 bits per heavy atom. The third-order valence-corrected chi connectivity index (χ3v) is 11.3. The smallest absolute Gasteiger partial charge is 0.200 e. The topological polar surface area (TPSA) is 49.7 Å². The van der Waals surface area contributed by atoms with E-state index >= 15 is 0 Å². The molecular formula is C19H38O3Si. The first-order valence-electron chi connectivity index (χ1n) is 8.94. The number of rotatable bonds is 9. The molecule has 0 saturated heterocycles. The summed E-state index contributed by atoms with van der Waals surface area (Å²) in [6.45, 7) is 19.2. The maximum atomic E-state index is 10.5. The highest BCUT2D eigenvalue weighted by atomic mass is 28.4. The van der Waals surface area contributed by atoms with Crippen LogP contribution >= 0.6 is 0 Å². The van der Waals surface area contributed by atoms with Crippen LogP contribution in [0.25, 0.3) is 0 Å². The zero-order valence-electron chi connectivity index (χ0n) is 16.6. The van der Waals surface area contributed by atoms with E-state index in [-0.39, 0.29) is 11.8 Å². The molecule has 0 aromatic heterocycles. The van der Waals surface area contributed by atoms with E-state index in [1.807, 2.05) is 13.8 Å². The van der Waals surface area contributed by atoms with Crippen LogP contribution in [-0.2, 0) is 4.43 Å². The first-order chi connectivity index (χ1) is 10.5. The SMILES string of the molecule is CC#C[C@H](C)[C@@H](O)[C@@H](C)[C@@H](O)CO[Si](C(C)C)(C(C)C)C(C)C. The Labute approximate surface area is 145 Å². The maximum Gasteiger partial charge on any atom is 0.200 e. The molecule has 0 aromatic rings. The van der Waals surface area contributed by atoms with Gasteiger partial charge in [-0.1, -0.05) is 54.4 Å². The average Bonchev–Trinajstić information content (AvgIpc) is 2.45. The van der Waals surface area contributed by atoms with E-state index in [1.165, 1.54) is 0 Å². The average molecular weight is 343 g/mol. The second-order valence-electron chi connectivity index (χ2n) is 7.73. The monoisotopic (exact) mass is 342 g/mol. The molecule has 4 heteroatoms. The van der Waals surface area contributed by atoms with E-state index in [0.717, 1.165) is 0 Å². The van der Waals surface area contributed by atoms with Crippen LogP contribution in [0.5, 0.6) is 0 Å². The van der Waals surface area contributed by atoms with Gasteiger partial charge in [0, 0.05) is 11.8 Å². The van der Waals surface area contributed by atoms with Gasteiger partial charge in [-0.05, 0) is 30.5 Å². The summed E-state index contributed by atoms with van der Waals surface area (Å²) in [5, 5.41) is 20.8. The fourth-order valence-corrected chi connectivity index (χ4v) is 9.34. The van der Waals surface area contributed by atoms with E-state index in [4.69, 9.17) is 4.43 Å². The molecule has 23 heavy (non-hydrogen) atoms. The highest BCUT2D eigenvalue weighted by Gasteiger charge is 2.45. The van der Waals surface area contributed by atoms with Gasteiger partial charge >= 0.3 is 0 Å². The van der Waals surface area contributed by atoms with Gasteiger partial charge in [0.1, 0.15) is 0 Å². The van der Waals surface area contributed by atoms with Gasteiger partial charge in [-0.25, -0.2) is 0 Å². The lowest BCUT2D eigenvalue weighted by Crippen LogP contribution is -2.50. The number of hydrogen-bond acceptors (Lipinski definition) is 3. The molecule has 0 spiro atoms. The highest BCUT2D eigenvalue weighted by molar-refractivity contribution is 6.77. The first-order valence-corrected chi connectivity index (χ1v) is 11.1. The van der Waals surface area contributed by atoms with Gasteiger partial charge in [0.2, 0.25) is 0 Å². The van der Waals surface area contributed by atoms with Crippen LogP contribution in [0.3, 0.4) is 0 Å². The van der Waals surface area contributed by atoms with Crippen molar-refractivity contribution in [1.29, 1.82) is 0 Å². The summed E-state index contributed by atoms with van der Waals surface area (Å²) in [6.07, 6.45) is -1.32. The highest BCUT2D eigenvalue weighted by Crippen LogP contribution is 2.42. The molecule has 0 saturated carbocycles. The second-order valence-corrected chi connectivity index (χ2v) is 13.2. The molecule has 0 bridgehead atoms. The van der Waals surface area contributed by atoms with Crippen LogP contribution in [0, 0.1) is 23.7 Å². The molecule has 0 aliphatic rings. The molecule has 2 N–H and O–H groups in total. The van der Waals surface area contributed by atoms with Gasteiger partial charge in [0.25, 0.3) is 0 Å². The third kappa shape index (κ3) is 5.60. The van der Waals surface area contributed by atoms with Crippen LogP contribution in [-0.4, -0.2) is 37.3 Å². The molecule has 136 valence electrons. The van der Waals surface area contributed by atoms with E-state index in [1.54, 1.807) is 6.92 Å². The summed E-state index contributed by atoms with van der Waals surface area (Å²) >= 11 is 0. The van der Waals surface area contributed by atoms with Crippen molar-refractivity contribution in [2.45, 2.75) is 91.1 Å². The van der Waals surface area contributed by atoms with Crippen LogP contribution in [0.15, 0.2) is 0 Å². The Morgan fingerprint density at radius 3 is 1.65 bits per heavy atom. The van der Waals surface area contributed by atoms with E-state index in [2.05, 4.69) is 53.4 Å². The van der Waals surface area contributed by atoms with Crippen LogP contribution in [0.2, 0.25) is 16.6 Å². The van der Waals surface area contributed by atoms with Gasteiger partial charge < -0.3 is 14.6 Å². The lowest BCUT2D eigenvalue weighted by atomic mass is 9.90. The van der Waals surface area contributed by atoms with Crippen molar-refractivity contribution in [2.24, 2.45) is 11.8 Å². The molecule has 0 fully saturated rings. The van der Waals surface area contributed by atoms with Crippen molar-refractivity contribution >= 4 is 8.32 Å². The lowest BCUT2D eigenvalue weighted by molar-refractivity contribution is -0.0175. The molecule has 0 amide bonds. The third-order valence-electron chi connectivity index (χ3n) is 5.24. The summed E-state index contributed by atoms with van der Waals surface area (Å²) in [5.74, 6) is 5.39. The van der Waals surface area contributed by atoms with Crippen molar-refractivity contribution in [3.05, 3.63) is 0 Å². The van der Waals surface area contributed by atoms with Gasteiger partial charge in [-0.2, -0.15) is 0 Å². The summed E-state index contributed by atoms with van der Waals surface area (Å²) in [7, 11) is -1.98. The molecule has 0 rings (SSSR count). The predicted molar refractivity (Wildman–Crippen MR) is 101 cm³/mol. The molecule has 3 nitrogen and oxygen atoms in total. The predicted octanol–water partition coefficient (Wildman–Crippen LogP) is 4.20. The van der Waals surface area contributed by atoms with Crippen LogP contribution < -0.4 is 0 Å². The number of aliphatic hydroxyl groups excluding tert-OH is 2. The Balaban J connectivity index is 5.00. The summed E-state index contributed by atoms with van der Waals surface area (Å²) in [5.41, 5.74) is 1.46. The first kappa shape index (κ1) is 22.7. The van der Waals surface area contributed by atoms with E-state index < -0.39 is 20.5 Å². The lowest BCUT2D eigenvalue weighted by Gasteiger charge is -2.43. The van der Waals surface area contributed by atoms with E-state index in [0.29, 0.717) is 23.2 Å². The minimum Gasteiger partial charge on any atom is -0.413 e. The van der Waals surface area contributed by atoms with Crippen molar-refractivity contribution in [2.75, 3.05) is 6.61 Å². The van der Waals surface area contributed by atoms with Crippen molar-refractivity contribution in [1.82, 2.24) is 0 Å². The molecule has 0 heterocycles. The van der Waals surface area contributed by atoms with Gasteiger partial charge in [-0.15, -0.1) is 5.92 Å². The standard InChI is InChI=1S/C19H38O3Si/c1-10-11-16(8)19(21)17(9)18(20)12-22-23(13(2)3,14(4)5)15(6)7/h13-21H,12H2,1-9H3/t16-,17-,18-,19+/m0/s1. The molecule has 4 atom stereocenters.